The van der Waals surface area contributed by atoms with Crippen molar-refractivity contribution in [3.05, 3.63) is 71.8 Å². The van der Waals surface area contributed by atoms with Crippen LogP contribution in [0.25, 0.3) is 0 Å². The molecular weight excluding hydrogens is 292 g/mol. The Kier molecular flexibility index (Phi) is 6.57. The molecule has 0 radical (unpaired) electrons. The van der Waals surface area contributed by atoms with Gasteiger partial charge in [-0.1, -0.05) is 60.7 Å². The summed E-state index contributed by atoms with van der Waals surface area (Å²) in [5, 5.41) is 2.74. The molecule has 2 aromatic carbocycles. The third-order valence-electron chi connectivity index (χ3n) is 3.24. The normalized spacial score (nSPS) is 11.1. The molecule has 5 nitrogen and oxygen atoms in total. The second-order valence-corrected chi connectivity index (χ2v) is 5.02. The maximum Gasteiger partial charge on any atom is 0.407 e. The standard InChI is InChI=1S/C18H18N2O3/c21-14-19-12-17(11-15-7-3-1-4-8-15)20-18(22)23-13-16-9-5-2-6-10-16/h1-10,17H,11-13H2,(H,20,22). The van der Waals surface area contributed by atoms with Crippen molar-refractivity contribution in [2.45, 2.75) is 19.1 Å². The Labute approximate surface area is 135 Å². The van der Waals surface area contributed by atoms with Crippen molar-refractivity contribution in [1.29, 1.82) is 0 Å². The van der Waals surface area contributed by atoms with E-state index < -0.39 is 6.09 Å². The van der Waals surface area contributed by atoms with E-state index in [0.29, 0.717) is 6.42 Å². The van der Waals surface area contributed by atoms with Crippen molar-refractivity contribution in [2.24, 2.45) is 4.99 Å². The van der Waals surface area contributed by atoms with Crippen molar-refractivity contribution < 1.29 is 14.3 Å². The average Bonchev–Trinajstić information content (AvgIpc) is 2.60. The number of hydrogen-bond acceptors (Lipinski definition) is 4. The Bertz CT molecular complexity index is 652. The van der Waals surface area contributed by atoms with Crippen LogP contribution in [0.1, 0.15) is 11.1 Å². The van der Waals surface area contributed by atoms with Gasteiger partial charge in [0.1, 0.15) is 6.61 Å². The lowest BCUT2D eigenvalue weighted by atomic mass is 10.1. The molecule has 0 saturated heterocycles. The van der Waals surface area contributed by atoms with Gasteiger partial charge in [0.2, 0.25) is 6.08 Å². The number of ether oxygens (including phenoxy) is 1. The number of aliphatic imine (C=N–C) groups is 1. The first-order valence-electron chi connectivity index (χ1n) is 7.32. The van der Waals surface area contributed by atoms with E-state index in [2.05, 4.69) is 10.3 Å². The highest BCUT2D eigenvalue weighted by molar-refractivity contribution is 5.67. The van der Waals surface area contributed by atoms with Crippen LogP contribution in [0.3, 0.4) is 0 Å². The van der Waals surface area contributed by atoms with Gasteiger partial charge in [-0.25, -0.2) is 14.6 Å². The summed E-state index contributed by atoms with van der Waals surface area (Å²) in [5.74, 6) is 0. The Balaban J connectivity index is 1.88. The SMILES string of the molecule is O=C=NCC(Cc1ccccc1)NC(=O)OCc1ccccc1. The molecule has 0 spiro atoms. The molecule has 1 N–H and O–H groups in total. The number of carbonyl (C=O) groups excluding carboxylic acids is 2. The molecule has 0 saturated carbocycles. The van der Waals surface area contributed by atoms with Crippen LogP contribution in [-0.4, -0.2) is 24.8 Å². The number of benzene rings is 2. The zero-order chi connectivity index (χ0) is 16.3. The molecular formula is C18H18N2O3. The van der Waals surface area contributed by atoms with E-state index in [4.69, 9.17) is 4.74 Å². The van der Waals surface area contributed by atoms with Crippen molar-refractivity contribution >= 4 is 12.2 Å². The lowest BCUT2D eigenvalue weighted by molar-refractivity contribution is 0.136. The van der Waals surface area contributed by atoms with Gasteiger partial charge in [0.15, 0.2) is 0 Å². The summed E-state index contributed by atoms with van der Waals surface area (Å²) in [5.41, 5.74) is 1.95. The van der Waals surface area contributed by atoms with Crippen LogP contribution in [0.5, 0.6) is 0 Å². The van der Waals surface area contributed by atoms with E-state index in [9.17, 15) is 9.59 Å². The second kappa shape index (κ2) is 9.18. The summed E-state index contributed by atoms with van der Waals surface area (Å²) in [6.45, 7) is 0.362. The van der Waals surface area contributed by atoms with Gasteiger partial charge >= 0.3 is 6.09 Å². The predicted molar refractivity (Wildman–Crippen MR) is 86.7 cm³/mol. The minimum absolute atomic E-state index is 0.166. The first-order chi connectivity index (χ1) is 11.3. The Hall–Kier alpha value is -2.91. The van der Waals surface area contributed by atoms with Crippen LogP contribution < -0.4 is 5.32 Å². The van der Waals surface area contributed by atoms with E-state index >= 15 is 0 Å². The number of carbonyl (C=O) groups is 1. The van der Waals surface area contributed by atoms with E-state index in [1.165, 1.54) is 6.08 Å². The van der Waals surface area contributed by atoms with Gasteiger partial charge in [-0.15, -0.1) is 0 Å². The monoisotopic (exact) mass is 310 g/mol. The molecule has 118 valence electrons. The molecule has 0 aliphatic heterocycles. The number of isocyanates is 1. The first kappa shape index (κ1) is 16.5. The number of nitrogens with one attached hydrogen (secondary N) is 1. The van der Waals surface area contributed by atoms with Gasteiger partial charge < -0.3 is 10.1 Å². The van der Waals surface area contributed by atoms with Crippen LogP contribution in [0, 0.1) is 0 Å². The van der Waals surface area contributed by atoms with Gasteiger partial charge in [0.25, 0.3) is 0 Å². The molecule has 23 heavy (non-hydrogen) atoms. The maximum atomic E-state index is 11.9. The van der Waals surface area contributed by atoms with Gasteiger partial charge in [-0.3, -0.25) is 0 Å². The minimum atomic E-state index is -0.532. The van der Waals surface area contributed by atoms with Gasteiger partial charge in [0.05, 0.1) is 12.6 Å². The summed E-state index contributed by atoms with van der Waals surface area (Å²) in [7, 11) is 0. The molecule has 5 heteroatoms. The summed E-state index contributed by atoms with van der Waals surface area (Å²) in [4.78, 5) is 25.8. The average molecular weight is 310 g/mol. The number of alkyl carbamates (subject to hydrolysis) is 1. The van der Waals surface area contributed by atoms with E-state index in [-0.39, 0.29) is 19.2 Å². The molecule has 0 fully saturated rings. The lowest BCUT2D eigenvalue weighted by Crippen LogP contribution is -2.38. The molecule has 2 aromatic rings. The van der Waals surface area contributed by atoms with Crippen molar-refractivity contribution in [3.63, 3.8) is 0 Å². The Morgan fingerprint density at radius 3 is 2.26 bits per heavy atom. The topological polar surface area (TPSA) is 67.8 Å². The number of amides is 1. The summed E-state index contributed by atoms with van der Waals surface area (Å²) in [6, 6.07) is 18.8. The van der Waals surface area contributed by atoms with Crippen LogP contribution >= 0.6 is 0 Å². The lowest BCUT2D eigenvalue weighted by Gasteiger charge is -2.16. The zero-order valence-corrected chi connectivity index (χ0v) is 12.6. The third-order valence-corrected chi connectivity index (χ3v) is 3.24. The summed E-state index contributed by atoms with van der Waals surface area (Å²) < 4.78 is 5.19. The van der Waals surface area contributed by atoms with E-state index in [1.54, 1.807) is 0 Å². The Morgan fingerprint density at radius 2 is 1.65 bits per heavy atom. The van der Waals surface area contributed by atoms with Gasteiger partial charge in [0, 0.05) is 0 Å². The van der Waals surface area contributed by atoms with Crippen LogP contribution in [0.15, 0.2) is 65.7 Å². The van der Waals surface area contributed by atoms with Crippen LogP contribution in [0.4, 0.5) is 4.79 Å². The molecule has 2 rings (SSSR count). The third kappa shape index (κ3) is 6.16. The highest BCUT2D eigenvalue weighted by Gasteiger charge is 2.13. The van der Waals surface area contributed by atoms with Crippen molar-refractivity contribution in [3.8, 4) is 0 Å². The van der Waals surface area contributed by atoms with E-state index in [0.717, 1.165) is 11.1 Å². The second-order valence-electron chi connectivity index (χ2n) is 5.02. The quantitative estimate of drug-likeness (QED) is 0.631. The fourth-order valence-corrected chi connectivity index (χ4v) is 2.14. The van der Waals surface area contributed by atoms with Gasteiger partial charge in [-0.2, -0.15) is 0 Å². The molecule has 1 atom stereocenters. The molecule has 1 amide bonds. The maximum absolute atomic E-state index is 11.9. The van der Waals surface area contributed by atoms with Gasteiger partial charge in [-0.05, 0) is 17.5 Å². The molecule has 0 aliphatic rings. The summed E-state index contributed by atoms with van der Waals surface area (Å²) >= 11 is 0. The van der Waals surface area contributed by atoms with Crippen LogP contribution in [0.2, 0.25) is 0 Å². The van der Waals surface area contributed by atoms with Crippen LogP contribution in [-0.2, 0) is 22.6 Å². The molecule has 1 unspecified atom stereocenters. The first-order valence-corrected chi connectivity index (χ1v) is 7.32. The molecule has 0 aliphatic carbocycles. The highest BCUT2D eigenvalue weighted by Crippen LogP contribution is 2.05. The molecule has 0 heterocycles. The van der Waals surface area contributed by atoms with E-state index in [1.807, 2.05) is 60.7 Å². The zero-order valence-electron chi connectivity index (χ0n) is 12.6. The number of nitrogens with zero attached hydrogens (tertiary/aromatic N) is 1. The predicted octanol–water partition coefficient (Wildman–Crippen LogP) is 2.86. The molecule has 0 bridgehead atoms. The minimum Gasteiger partial charge on any atom is -0.445 e. The van der Waals surface area contributed by atoms with Crippen molar-refractivity contribution in [1.82, 2.24) is 5.32 Å². The van der Waals surface area contributed by atoms with Crippen molar-refractivity contribution in [2.75, 3.05) is 6.54 Å². The Morgan fingerprint density at radius 1 is 1.04 bits per heavy atom. The fraction of sp³-hybridized carbons (Fsp3) is 0.222. The number of hydrogen-bond donors (Lipinski definition) is 1. The highest BCUT2D eigenvalue weighted by atomic mass is 16.5. The molecule has 0 aromatic heterocycles. The smallest absolute Gasteiger partial charge is 0.407 e. The fourth-order valence-electron chi connectivity index (χ4n) is 2.14. The largest absolute Gasteiger partial charge is 0.445 e. The summed E-state index contributed by atoms with van der Waals surface area (Å²) in [6.07, 6.45) is 1.53. The number of rotatable bonds is 7.